The number of alkyl halides is 1. The zero-order valence-electron chi connectivity index (χ0n) is 20.8. The number of nitrogens with one attached hydrogen (secondary N) is 1. The van der Waals surface area contributed by atoms with Crippen LogP contribution in [0.1, 0.15) is 67.6 Å². The second-order valence-electron chi connectivity index (χ2n) is 9.61. The first-order valence-corrected chi connectivity index (χ1v) is 12.9. The van der Waals surface area contributed by atoms with Gasteiger partial charge in [-0.3, -0.25) is 14.7 Å². The van der Waals surface area contributed by atoms with Crippen LogP contribution in [-0.2, 0) is 24.1 Å². The largest absolute Gasteiger partial charge is 0.496 e. The Morgan fingerprint density at radius 2 is 2.26 bits per heavy atom. The zero-order valence-corrected chi connectivity index (χ0v) is 20.8. The van der Waals surface area contributed by atoms with Gasteiger partial charge in [0.25, 0.3) is 0 Å². The van der Waals surface area contributed by atoms with E-state index in [1.54, 1.807) is 19.4 Å². The standard InChI is InChI=1S/C27H37FN4O3/c1-3-23-20(9-6-13-29-23)25(27(33)34)32-15-12-18(17-32)22(28)11-5-4-8-19-16-24(35-2)21-10-7-14-30-26(21)31-19/h6,9,13,16,18,22,25H,3-5,7-8,10-12,14-15,17H2,1-2H3,(H,30,31)(H,33,34). The Balaban J connectivity index is 1.29. The number of aryl methyl sites for hydroxylation is 2. The van der Waals surface area contributed by atoms with Gasteiger partial charge in [0, 0.05) is 53.8 Å². The van der Waals surface area contributed by atoms with E-state index in [-0.39, 0.29) is 5.92 Å². The van der Waals surface area contributed by atoms with Crippen LogP contribution in [0.3, 0.4) is 0 Å². The quantitative estimate of drug-likeness (QED) is 0.451. The van der Waals surface area contributed by atoms with E-state index in [9.17, 15) is 9.90 Å². The molecule has 4 rings (SSSR count). The fraction of sp³-hybridized carbons (Fsp3) is 0.593. The number of aliphatic carboxylic acids is 1. The van der Waals surface area contributed by atoms with Crippen LogP contribution in [0.15, 0.2) is 24.4 Å². The predicted molar refractivity (Wildman–Crippen MR) is 134 cm³/mol. The molecular formula is C27H37FN4O3. The van der Waals surface area contributed by atoms with Crippen LogP contribution in [0.4, 0.5) is 10.2 Å². The van der Waals surface area contributed by atoms with Crippen LogP contribution in [0.25, 0.3) is 0 Å². The molecule has 1 fully saturated rings. The highest BCUT2D eigenvalue weighted by Gasteiger charge is 2.37. The molecule has 35 heavy (non-hydrogen) atoms. The third kappa shape index (κ3) is 5.92. The Labute approximate surface area is 207 Å². The van der Waals surface area contributed by atoms with Crippen molar-refractivity contribution in [3.05, 3.63) is 46.9 Å². The van der Waals surface area contributed by atoms with Crippen LogP contribution in [0.5, 0.6) is 5.75 Å². The van der Waals surface area contributed by atoms with Gasteiger partial charge in [-0.1, -0.05) is 19.4 Å². The molecule has 190 valence electrons. The smallest absolute Gasteiger partial charge is 0.325 e. The normalized spacial score (nSPS) is 19.6. The monoisotopic (exact) mass is 484 g/mol. The van der Waals surface area contributed by atoms with Crippen molar-refractivity contribution >= 4 is 11.8 Å². The number of rotatable bonds is 11. The maximum absolute atomic E-state index is 15.1. The van der Waals surface area contributed by atoms with Crippen molar-refractivity contribution in [1.82, 2.24) is 14.9 Å². The molecule has 0 amide bonds. The lowest BCUT2D eigenvalue weighted by Crippen LogP contribution is -2.34. The van der Waals surface area contributed by atoms with Crippen LogP contribution in [0, 0.1) is 5.92 Å². The molecule has 0 aliphatic carbocycles. The summed E-state index contributed by atoms with van der Waals surface area (Å²) in [5, 5.41) is 13.3. The van der Waals surface area contributed by atoms with Crippen LogP contribution in [0.2, 0.25) is 0 Å². The van der Waals surface area contributed by atoms with Gasteiger partial charge in [-0.05, 0) is 57.6 Å². The molecule has 0 saturated carbocycles. The number of hydrogen-bond acceptors (Lipinski definition) is 6. The number of unbranched alkanes of at least 4 members (excludes halogenated alkanes) is 1. The Kier molecular flexibility index (Phi) is 8.55. The van der Waals surface area contributed by atoms with Gasteiger partial charge in [0.1, 0.15) is 23.8 Å². The van der Waals surface area contributed by atoms with E-state index in [0.29, 0.717) is 32.4 Å². The SMILES string of the molecule is CCc1ncccc1C(C(=O)O)N1CCC(C(F)CCCCc2cc(OC)c3c(n2)NCCC3)C1. The molecule has 2 N–H and O–H groups in total. The number of likely N-dealkylation sites (tertiary alicyclic amines) is 1. The lowest BCUT2D eigenvalue weighted by Gasteiger charge is -2.26. The average Bonchev–Trinajstić information content (AvgIpc) is 3.36. The van der Waals surface area contributed by atoms with Gasteiger partial charge in [0.15, 0.2) is 0 Å². The minimum Gasteiger partial charge on any atom is -0.496 e. The number of ether oxygens (including phenoxy) is 1. The summed E-state index contributed by atoms with van der Waals surface area (Å²) in [6.45, 7) is 3.95. The van der Waals surface area contributed by atoms with Crippen molar-refractivity contribution in [2.24, 2.45) is 5.92 Å². The summed E-state index contributed by atoms with van der Waals surface area (Å²) in [5.74, 6) is 0.781. The van der Waals surface area contributed by atoms with E-state index >= 15 is 4.39 Å². The van der Waals surface area contributed by atoms with E-state index < -0.39 is 18.2 Å². The first-order chi connectivity index (χ1) is 17.0. The van der Waals surface area contributed by atoms with Gasteiger partial charge in [-0.2, -0.15) is 0 Å². The van der Waals surface area contributed by atoms with Gasteiger partial charge < -0.3 is 15.2 Å². The third-order valence-corrected chi connectivity index (χ3v) is 7.34. The minimum atomic E-state index is -0.929. The molecule has 0 radical (unpaired) electrons. The summed E-state index contributed by atoms with van der Waals surface area (Å²) < 4.78 is 20.7. The number of aromatic nitrogens is 2. The van der Waals surface area contributed by atoms with E-state index in [1.807, 2.05) is 24.0 Å². The fourth-order valence-corrected chi connectivity index (χ4v) is 5.48. The molecule has 1 saturated heterocycles. The zero-order chi connectivity index (χ0) is 24.8. The lowest BCUT2D eigenvalue weighted by molar-refractivity contribution is -0.143. The number of methoxy groups -OCH3 is 1. The number of carboxylic acid groups (broad SMARTS) is 1. The molecule has 2 aliphatic rings. The molecule has 2 aliphatic heterocycles. The molecule has 0 aromatic carbocycles. The molecule has 0 bridgehead atoms. The maximum atomic E-state index is 15.1. The lowest BCUT2D eigenvalue weighted by atomic mass is 9.97. The van der Waals surface area contributed by atoms with E-state index in [2.05, 4.69) is 10.3 Å². The summed E-state index contributed by atoms with van der Waals surface area (Å²) in [6, 6.07) is 4.86. The van der Waals surface area contributed by atoms with Crippen LogP contribution >= 0.6 is 0 Å². The molecular weight excluding hydrogens is 447 g/mol. The number of carbonyl (C=O) groups is 1. The van der Waals surface area contributed by atoms with Gasteiger partial charge in [0.05, 0.1) is 7.11 Å². The van der Waals surface area contributed by atoms with E-state index in [4.69, 9.17) is 9.72 Å². The van der Waals surface area contributed by atoms with Gasteiger partial charge >= 0.3 is 5.97 Å². The predicted octanol–water partition coefficient (Wildman–Crippen LogP) is 4.60. The van der Waals surface area contributed by atoms with E-state index in [1.165, 1.54) is 0 Å². The van der Waals surface area contributed by atoms with Crippen molar-refractivity contribution in [1.29, 1.82) is 0 Å². The maximum Gasteiger partial charge on any atom is 0.325 e. The first-order valence-electron chi connectivity index (χ1n) is 12.9. The van der Waals surface area contributed by atoms with Gasteiger partial charge in [-0.15, -0.1) is 0 Å². The highest BCUT2D eigenvalue weighted by atomic mass is 19.1. The summed E-state index contributed by atoms with van der Waals surface area (Å²) in [6.07, 6.45) is 7.09. The number of halogens is 1. The van der Waals surface area contributed by atoms with Crippen molar-refractivity contribution in [3.8, 4) is 5.75 Å². The number of nitrogens with zero attached hydrogens (tertiary/aromatic N) is 3. The topological polar surface area (TPSA) is 87.6 Å². The Bertz CT molecular complexity index is 1000. The van der Waals surface area contributed by atoms with Crippen molar-refractivity contribution in [2.45, 2.75) is 70.5 Å². The summed E-state index contributed by atoms with van der Waals surface area (Å²) in [5.41, 5.74) is 3.64. The first kappa shape index (κ1) is 25.4. The highest BCUT2D eigenvalue weighted by molar-refractivity contribution is 5.76. The summed E-state index contributed by atoms with van der Waals surface area (Å²) in [4.78, 5) is 23.1. The Morgan fingerprint density at radius 1 is 1.40 bits per heavy atom. The molecule has 4 heterocycles. The second kappa shape index (κ2) is 11.8. The van der Waals surface area contributed by atoms with E-state index in [0.717, 1.165) is 72.7 Å². The number of carboxylic acids is 1. The number of fused-ring (bicyclic) bond motifs is 1. The fourth-order valence-electron chi connectivity index (χ4n) is 5.48. The summed E-state index contributed by atoms with van der Waals surface area (Å²) in [7, 11) is 1.69. The van der Waals surface area contributed by atoms with Gasteiger partial charge in [0.2, 0.25) is 0 Å². The number of pyridine rings is 2. The van der Waals surface area contributed by atoms with Crippen molar-refractivity contribution in [2.75, 3.05) is 32.1 Å². The molecule has 2 aromatic heterocycles. The second-order valence-corrected chi connectivity index (χ2v) is 9.61. The Hall–Kier alpha value is -2.74. The van der Waals surface area contributed by atoms with Crippen LogP contribution < -0.4 is 10.1 Å². The molecule has 3 unspecified atom stereocenters. The average molecular weight is 485 g/mol. The number of hydrogen-bond donors (Lipinski definition) is 2. The minimum absolute atomic E-state index is 0.134. The molecule has 3 atom stereocenters. The van der Waals surface area contributed by atoms with Crippen molar-refractivity contribution in [3.63, 3.8) is 0 Å². The molecule has 7 nitrogen and oxygen atoms in total. The van der Waals surface area contributed by atoms with Crippen molar-refractivity contribution < 1.29 is 19.0 Å². The molecule has 0 spiro atoms. The summed E-state index contributed by atoms with van der Waals surface area (Å²) >= 11 is 0. The Morgan fingerprint density at radius 3 is 3.03 bits per heavy atom. The molecule has 2 aromatic rings. The highest BCUT2D eigenvalue weighted by Crippen LogP contribution is 2.34. The van der Waals surface area contributed by atoms with Crippen LogP contribution in [-0.4, -0.2) is 58.9 Å². The van der Waals surface area contributed by atoms with Gasteiger partial charge in [-0.25, -0.2) is 9.37 Å². The molecule has 8 heteroatoms. The third-order valence-electron chi connectivity index (χ3n) is 7.34. The number of anilines is 1.